The number of amides is 2. The van der Waals surface area contributed by atoms with Gasteiger partial charge in [0, 0.05) is 37.8 Å². The summed E-state index contributed by atoms with van der Waals surface area (Å²) in [6, 6.07) is 6.83. The lowest BCUT2D eigenvalue weighted by Gasteiger charge is -2.26. The lowest BCUT2D eigenvalue weighted by molar-refractivity contribution is -0.133. The number of benzene rings is 1. The van der Waals surface area contributed by atoms with Crippen molar-refractivity contribution in [3.8, 4) is 0 Å². The maximum atomic E-state index is 12.1. The molecule has 1 N–H and O–H groups in total. The van der Waals surface area contributed by atoms with E-state index in [1.807, 2.05) is 0 Å². The number of likely N-dealkylation sites (tertiary alicyclic amines) is 1. The minimum absolute atomic E-state index is 0.00281. The molecule has 126 valence electrons. The van der Waals surface area contributed by atoms with Crippen LogP contribution in [0.15, 0.2) is 24.3 Å². The number of nitrogens with one attached hydrogen (secondary N) is 1. The number of carbonyl (C=O) groups is 2. The highest BCUT2D eigenvalue weighted by Crippen LogP contribution is 2.18. The third kappa shape index (κ3) is 4.94. The van der Waals surface area contributed by atoms with Crippen LogP contribution in [0.25, 0.3) is 0 Å². The molecule has 1 heterocycles. The van der Waals surface area contributed by atoms with Gasteiger partial charge in [-0.3, -0.25) is 14.5 Å². The van der Waals surface area contributed by atoms with Crippen molar-refractivity contribution in [3.63, 3.8) is 0 Å². The summed E-state index contributed by atoms with van der Waals surface area (Å²) >= 11 is 5.81. The summed E-state index contributed by atoms with van der Waals surface area (Å²) in [7, 11) is 3.59. The molecule has 2 rings (SSSR count). The van der Waals surface area contributed by atoms with E-state index in [4.69, 9.17) is 11.6 Å². The molecule has 0 aliphatic carbocycles. The van der Waals surface area contributed by atoms with Crippen LogP contribution in [0.1, 0.15) is 29.6 Å². The summed E-state index contributed by atoms with van der Waals surface area (Å²) in [5.74, 6) is 0.0803. The van der Waals surface area contributed by atoms with Gasteiger partial charge in [-0.15, -0.1) is 0 Å². The molecule has 0 radical (unpaired) electrons. The molecule has 5 nitrogen and oxygen atoms in total. The normalized spacial score (nSPS) is 18.0. The Bertz CT molecular complexity index is 545. The molecule has 1 aromatic rings. The van der Waals surface area contributed by atoms with Crippen molar-refractivity contribution in [3.05, 3.63) is 34.9 Å². The lowest BCUT2D eigenvalue weighted by Crippen LogP contribution is -2.43. The van der Waals surface area contributed by atoms with Gasteiger partial charge in [-0.1, -0.05) is 11.6 Å². The van der Waals surface area contributed by atoms with Crippen LogP contribution in [0.3, 0.4) is 0 Å². The van der Waals surface area contributed by atoms with Gasteiger partial charge >= 0.3 is 0 Å². The van der Waals surface area contributed by atoms with E-state index in [9.17, 15) is 9.59 Å². The first-order valence-corrected chi connectivity index (χ1v) is 8.36. The molecule has 0 bridgehead atoms. The quantitative estimate of drug-likeness (QED) is 0.808. The standard InChI is InChI=1S/C17H24ClN3O2/c1-20(2)17(23)15-5-3-11-21(15)12-4-10-19-16(22)13-6-8-14(18)9-7-13/h6-9,15H,3-5,10-12H2,1-2H3,(H,19,22). The van der Waals surface area contributed by atoms with Gasteiger partial charge in [0.1, 0.15) is 0 Å². The van der Waals surface area contributed by atoms with E-state index in [1.54, 1.807) is 43.3 Å². The van der Waals surface area contributed by atoms with Gasteiger partial charge in [0.05, 0.1) is 6.04 Å². The maximum Gasteiger partial charge on any atom is 0.251 e. The molecule has 0 saturated carbocycles. The highest BCUT2D eigenvalue weighted by molar-refractivity contribution is 6.30. The monoisotopic (exact) mass is 337 g/mol. The van der Waals surface area contributed by atoms with Crippen molar-refractivity contribution in [2.24, 2.45) is 0 Å². The zero-order valence-corrected chi connectivity index (χ0v) is 14.5. The molecule has 0 spiro atoms. The predicted molar refractivity (Wildman–Crippen MR) is 91.7 cm³/mol. The summed E-state index contributed by atoms with van der Waals surface area (Å²) in [6.07, 6.45) is 2.81. The summed E-state index contributed by atoms with van der Waals surface area (Å²) in [5.41, 5.74) is 0.608. The zero-order chi connectivity index (χ0) is 16.8. The fourth-order valence-corrected chi connectivity index (χ4v) is 2.98. The van der Waals surface area contributed by atoms with Crippen molar-refractivity contribution in [2.75, 3.05) is 33.7 Å². The number of nitrogens with zero attached hydrogens (tertiary/aromatic N) is 2. The van der Waals surface area contributed by atoms with Gasteiger partial charge in [-0.2, -0.15) is 0 Å². The Labute approximate surface area is 142 Å². The molecule has 0 aromatic heterocycles. The number of rotatable bonds is 6. The second-order valence-electron chi connectivity index (χ2n) is 6.04. The average Bonchev–Trinajstić information content (AvgIpc) is 2.99. The number of hydrogen-bond acceptors (Lipinski definition) is 3. The first-order valence-electron chi connectivity index (χ1n) is 7.98. The second kappa shape index (κ2) is 8.31. The van der Waals surface area contributed by atoms with Crippen LogP contribution in [-0.4, -0.2) is 61.4 Å². The molecule has 1 aromatic carbocycles. The van der Waals surface area contributed by atoms with Crippen molar-refractivity contribution in [1.82, 2.24) is 15.1 Å². The van der Waals surface area contributed by atoms with Crippen molar-refractivity contribution in [1.29, 1.82) is 0 Å². The van der Waals surface area contributed by atoms with Gasteiger partial charge in [0.15, 0.2) is 0 Å². The maximum absolute atomic E-state index is 12.1. The summed E-state index contributed by atoms with van der Waals surface area (Å²) in [6.45, 7) is 2.38. The van der Waals surface area contributed by atoms with Gasteiger partial charge in [-0.25, -0.2) is 0 Å². The Kier molecular flexibility index (Phi) is 6.42. The number of halogens is 1. The number of hydrogen-bond donors (Lipinski definition) is 1. The van der Waals surface area contributed by atoms with Crippen LogP contribution in [0, 0.1) is 0 Å². The Hall–Kier alpha value is -1.59. The summed E-state index contributed by atoms with van der Waals surface area (Å²) < 4.78 is 0. The van der Waals surface area contributed by atoms with E-state index in [2.05, 4.69) is 10.2 Å². The van der Waals surface area contributed by atoms with E-state index in [0.717, 1.165) is 32.4 Å². The Morgan fingerprint density at radius 3 is 2.65 bits per heavy atom. The fraction of sp³-hybridized carbons (Fsp3) is 0.529. The molecule has 1 fully saturated rings. The van der Waals surface area contributed by atoms with E-state index < -0.39 is 0 Å². The molecule has 2 amide bonds. The molecule has 1 aliphatic heterocycles. The third-order valence-corrected chi connectivity index (χ3v) is 4.36. The first kappa shape index (κ1) is 17.8. The smallest absolute Gasteiger partial charge is 0.251 e. The molecule has 1 aliphatic rings. The van der Waals surface area contributed by atoms with Gasteiger partial charge in [0.2, 0.25) is 5.91 Å². The molecular weight excluding hydrogens is 314 g/mol. The minimum Gasteiger partial charge on any atom is -0.352 e. The molecule has 1 saturated heterocycles. The summed E-state index contributed by atoms with van der Waals surface area (Å²) in [4.78, 5) is 28.0. The van der Waals surface area contributed by atoms with Crippen molar-refractivity contribution >= 4 is 23.4 Å². The second-order valence-corrected chi connectivity index (χ2v) is 6.48. The fourth-order valence-electron chi connectivity index (χ4n) is 2.86. The Balaban J connectivity index is 1.73. The van der Waals surface area contributed by atoms with E-state index in [1.165, 1.54) is 0 Å². The van der Waals surface area contributed by atoms with E-state index in [0.29, 0.717) is 17.1 Å². The highest BCUT2D eigenvalue weighted by atomic mass is 35.5. The average molecular weight is 338 g/mol. The van der Waals surface area contributed by atoms with Crippen LogP contribution in [0.5, 0.6) is 0 Å². The number of carbonyl (C=O) groups excluding carboxylic acids is 2. The highest BCUT2D eigenvalue weighted by Gasteiger charge is 2.30. The SMILES string of the molecule is CN(C)C(=O)C1CCCN1CCCNC(=O)c1ccc(Cl)cc1. The van der Waals surface area contributed by atoms with Gasteiger partial charge in [0.25, 0.3) is 5.91 Å². The van der Waals surface area contributed by atoms with Gasteiger partial charge < -0.3 is 10.2 Å². The van der Waals surface area contributed by atoms with Crippen LogP contribution >= 0.6 is 11.6 Å². The van der Waals surface area contributed by atoms with Crippen LogP contribution in [0.2, 0.25) is 5.02 Å². The van der Waals surface area contributed by atoms with Crippen LogP contribution in [0.4, 0.5) is 0 Å². The Morgan fingerprint density at radius 1 is 1.30 bits per heavy atom. The van der Waals surface area contributed by atoms with E-state index in [-0.39, 0.29) is 17.9 Å². The largest absolute Gasteiger partial charge is 0.352 e. The van der Waals surface area contributed by atoms with Crippen molar-refractivity contribution in [2.45, 2.75) is 25.3 Å². The van der Waals surface area contributed by atoms with Gasteiger partial charge in [-0.05, 0) is 50.1 Å². The van der Waals surface area contributed by atoms with Crippen LogP contribution in [-0.2, 0) is 4.79 Å². The minimum atomic E-state index is -0.0935. The summed E-state index contributed by atoms with van der Waals surface area (Å²) in [5, 5.41) is 3.52. The third-order valence-electron chi connectivity index (χ3n) is 4.10. The topological polar surface area (TPSA) is 52.7 Å². The lowest BCUT2D eigenvalue weighted by atomic mass is 10.2. The molecular formula is C17H24ClN3O2. The van der Waals surface area contributed by atoms with Crippen molar-refractivity contribution < 1.29 is 9.59 Å². The number of likely N-dealkylation sites (N-methyl/N-ethyl adjacent to an activating group) is 1. The predicted octanol–water partition coefficient (Wildman–Crippen LogP) is 2.01. The first-order chi connectivity index (χ1) is 11.0. The van der Waals surface area contributed by atoms with E-state index >= 15 is 0 Å². The zero-order valence-electron chi connectivity index (χ0n) is 13.7. The molecule has 1 atom stereocenters. The molecule has 1 unspecified atom stereocenters. The molecule has 6 heteroatoms. The molecule has 23 heavy (non-hydrogen) atoms. The van der Waals surface area contributed by atoms with Crippen LogP contribution < -0.4 is 5.32 Å². The Morgan fingerprint density at radius 2 is 2.00 bits per heavy atom.